The van der Waals surface area contributed by atoms with Gasteiger partial charge < -0.3 is 10.1 Å². The summed E-state index contributed by atoms with van der Waals surface area (Å²) in [6.45, 7) is 3.61. The molecule has 0 aliphatic carbocycles. The van der Waals surface area contributed by atoms with Crippen LogP contribution in [0.3, 0.4) is 0 Å². The lowest BCUT2D eigenvalue weighted by molar-refractivity contribution is -0.122. The minimum atomic E-state index is -3.73. The molecule has 0 aliphatic rings. The van der Waals surface area contributed by atoms with Crippen molar-refractivity contribution >= 4 is 38.1 Å². The number of carbonyl (C=O) groups is 1. The molecule has 1 heterocycles. The summed E-state index contributed by atoms with van der Waals surface area (Å²) in [6, 6.07) is 13.3. The number of anilines is 2. The first-order chi connectivity index (χ1) is 13.3. The van der Waals surface area contributed by atoms with Gasteiger partial charge >= 0.3 is 0 Å². The van der Waals surface area contributed by atoms with Crippen LogP contribution < -0.4 is 14.8 Å². The molecule has 0 bridgehead atoms. The summed E-state index contributed by atoms with van der Waals surface area (Å²) in [4.78, 5) is 16.3. The molecule has 146 valence electrons. The summed E-state index contributed by atoms with van der Waals surface area (Å²) < 4.78 is 32.6. The second kappa shape index (κ2) is 8.41. The first kappa shape index (κ1) is 19.8. The van der Waals surface area contributed by atoms with Crippen molar-refractivity contribution in [3.05, 3.63) is 65.7 Å². The molecule has 3 rings (SSSR count). The van der Waals surface area contributed by atoms with Crippen LogP contribution in [0.2, 0.25) is 0 Å². The molecule has 1 amide bonds. The quantitative estimate of drug-likeness (QED) is 0.611. The summed E-state index contributed by atoms with van der Waals surface area (Å²) in [6.07, 6.45) is 0.804. The fraction of sp³-hybridized carbons (Fsp3) is 0.158. The van der Waals surface area contributed by atoms with Crippen LogP contribution in [0.1, 0.15) is 12.5 Å². The normalized spacial score (nSPS) is 12.2. The monoisotopic (exact) mass is 417 g/mol. The van der Waals surface area contributed by atoms with Crippen LogP contribution in [0.5, 0.6) is 5.75 Å². The second-order valence-corrected chi connectivity index (χ2v) is 8.61. The molecule has 9 heteroatoms. The number of hydrogen-bond acceptors (Lipinski definition) is 6. The van der Waals surface area contributed by atoms with Crippen molar-refractivity contribution in [2.75, 3.05) is 10.0 Å². The van der Waals surface area contributed by atoms with Gasteiger partial charge in [-0.2, -0.15) is 0 Å². The predicted octanol–water partition coefficient (Wildman–Crippen LogP) is 3.66. The summed E-state index contributed by atoms with van der Waals surface area (Å²) in [5.41, 5.74) is 1.57. The van der Waals surface area contributed by atoms with E-state index in [0.29, 0.717) is 16.6 Å². The molecule has 0 spiro atoms. The third-order valence-corrected chi connectivity index (χ3v) is 5.96. The van der Waals surface area contributed by atoms with E-state index in [-0.39, 0.29) is 10.8 Å². The molecule has 0 radical (unpaired) electrons. The van der Waals surface area contributed by atoms with Gasteiger partial charge in [0.05, 0.1) is 4.90 Å². The van der Waals surface area contributed by atoms with Gasteiger partial charge in [-0.25, -0.2) is 13.4 Å². The number of carbonyl (C=O) groups excluding carboxylic acids is 1. The minimum absolute atomic E-state index is 0.0738. The van der Waals surface area contributed by atoms with Crippen molar-refractivity contribution in [2.24, 2.45) is 0 Å². The zero-order valence-electron chi connectivity index (χ0n) is 15.2. The van der Waals surface area contributed by atoms with Gasteiger partial charge in [0.1, 0.15) is 5.75 Å². The van der Waals surface area contributed by atoms with Crippen molar-refractivity contribution in [3.63, 3.8) is 0 Å². The SMILES string of the molecule is Cc1ccc(O[C@@H](C)C(=O)Nc2ccc(S(=O)(=O)Nc3nccs3)cc2)cc1. The maximum atomic E-state index is 12.3. The highest BCUT2D eigenvalue weighted by Gasteiger charge is 2.17. The number of nitrogens with zero attached hydrogens (tertiary/aromatic N) is 1. The first-order valence-corrected chi connectivity index (χ1v) is 10.8. The predicted molar refractivity (Wildman–Crippen MR) is 109 cm³/mol. The molecule has 0 aliphatic heterocycles. The number of sulfonamides is 1. The molecule has 2 aromatic carbocycles. The number of nitrogens with one attached hydrogen (secondary N) is 2. The van der Waals surface area contributed by atoms with Crippen LogP contribution in [0.25, 0.3) is 0 Å². The van der Waals surface area contributed by atoms with Gasteiger partial charge in [-0.05, 0) is 50.2 Å². The van der Waals surface area contributed by atoms with E-state index < -0.39 is 16.1 Å². The Hall–Kier alpha value is -2.91. The number of thiazole rings is 1. The molecular formula is C19H19N3O4S2. The van der Waals surface area contributed by atoms with Gasteiger partial charge in [0, 0.05) is 17.3 Å². The summed E-state index contributed by atoms with van der Waals surface area (Å²) in [5.74, 6) is 0.264. The largest absolute Gasteiger partial charge is 0.481 e. The number of rotatable bonds is 7. The standard InChI is InChI=1S/C19H19N3O4S2/c1-13-3-7-16(8-4-13)26-14(2)18(23)21-15-5-9-17(10-6-15)28(24,25)22-19-20-11-12-27-19/h3-12,14H,1-2H3,(H,20,22)(H,21,23)/t14-/m0/s1. The zero-order valence-corrected chi connectivity index (χ0v) is 16.9. The van der Waals surface area contributed by atoms with Crippen LogP contribution in [0.15, 0.2) is 65.0 Å². The highest BCUT2D eigenvalue weighted by Crippen LogP contribution is 2.20. The molecule has 1 aromatic heterocycles. The Morgan fingerprint density at radius 1 is 1.11 bits per heavy atom. The molecule has 2 N–H and O–H groups in total. The highest BCUT2D eigenvalue weighted by atomic mass is 32.2. The number of aryl methyl sites for hydroxylation is 1. The third-order valence-electron chi connectivity index (χ3n) is 3.79. The molecule has 7 nitrogen and oxygen atoms in total. The minimum Gasteiger partial charge on any atom is -0.481 e. The molecule has 0 saturated heterocycles. The molecule has 28 heavy (non-hydrogen) atoms. The van der Waals surface area contributed by atoms with Crippen LogP contribution >= 0.6 is 11.3 Å². The topological polar surface area (TPSA) is 97.4 Å². The van der Waals surface area contributed by atoms with Gasteiger partial charge in [-0.1, -0.05) is 17.7 Å². The van der Waals surface area contributed by atoms with E-state index in [1.54, 1.807) is 24.4 Å². The number of aromatic nitrogens is 1. The Kier molecular flexibility index (Phi) is 5.96. The maximum absolute atomic E-state index is 12.3. The number of hydrogen-bond donors (Lipinski definition) is 2. The van der Waals surface area contributed by atoms with Crippen molar-refractivity contribution < 1.29 is 17.9 Å². The molecule has 1 atom stereocenters. The van der Waals surface area contributed by atoms with E-state index in [2.05, 4.69) is 15.0 Å². The highest BCUT2D eigenvalue weighted by molar-refractivity contribution is 7.93. The second-order valence-electron chi connectivity index (χ2n) is 6.03. The van der Waals surface area contributed by atoms with E-state index in [0.717, 1.165) is 5.56 Å². The Bertz CT molecular complexity index is 1030. The van der Waals surface area contributed by atoms with Crippen molar-refractivity contribution in [3.8, 4) is 5.75 Å². The Morgan fingerprint density at radius 3 is 2.39 bits per heavy atom. The van der Waals surface area contributed by atoms with E-state index in [1.165, 1.54) is 41.8 Å². The molecular weight excluding hydrogens is 398 g/mol. The smallest absolute Gasteiger partial charge is 0.265 e. The van der Waals surface area contributed by atoms with Gasteiger partial charge in [0.2, 0.25) is 0 Å². The number of benzene rings is 2. The molecule has 0 fully saturated rings. The first-order valence-electron chi connectivity index (χ1n) is 8.40. The van der Waals surface area contributed by atoms with Crippen LogP contribution in [-0.2, 0) is 14.8 Å². The fourth-order valence-corrected chi connectivity index (χ4v) is 4.07. The van der Waals surface area contributed by atoms with Gasteiger partial charge in [0.15, 0.2) is 11.2 Å². The summed E-state index contributed by atoms with van der Waals surface area (Å²) in [5, 5.41) is 4.68. The third kappa shape index (κ3) is 5.08. The summed E-state index contributed by atoms with van der Waals surface area (Å²) in [7, 11) is -3.73. The average Bonchev–Trinajstić information content (AvgIpc) is 3.16. The lowest BCUT2D eigenvalue weighted by atomic mass is 10.2. The Balaban J connectivity index is 1.61. The van der Waals surface area contributed by atoms with Crippen LogP contribution in [-0.4, -0.2) is 25.4 Å². The van der Waals surface area contributed by atoms with E-state index in [9.17, 15) is 13.2 Å². The molecule has 0 saturated carbocycles. The Morgan fingerprint density at radius 2 is 1.79 bits per heavy atom. The van der Waals surface area contributed by atoms with Crippen molar-refractivity contribution in [1.82, 2.24) is 4.98 Å². The van der Waals surface area contributed by atoms with Crippen molar-refractivity contribution in [1.29, 1.82) is 0 Å². The van der Waals surface area contributed by atoms with Crippen molar-refractivity contribution in [2.45, 2.75) is 24.8 Å². The van der Waals surface area contributed by atoms with Crippen LogP contribution in [0.4, 0.5) is 10.8 Å². The van der Waals surface area contributed by atoms with E-state index in [1.807, 2.05) is 19.1 Å². The molecule has 0 unspecified atom stereocenters. The van der Waals surface area contributed by atoms with Gasteiger partial charge in [0.25, 0.3) is 15.9 Å². The number of ether oxygens (including phenoxy) is 1. The van der Waals surface area contributed by atoms with Crippen LogP contribution in [0, 0.1) is 6.92 Å². The Labute approximate surface area is 167 Å². The van der Waals surface area contributed by atoms with Gasteiger partial charge in [-0.15, -0.1) is 11.3 Å². The average molecular weight is 418 g/mol. The lowest BCUT2D eigenvalue weighted by Crippen LogP contribution is -2.30. The fourth-order valence-electron chi connectivity index (χ4n) is 2.28. The molecule has 3 aromatic rings. The van der Waals surface area contributed by atoms with E-state index in [4.69, 9.17) is 4.74 Å². The lowest BCUT2D eigenvalue weighted by Gasteiger charge is -2.15. The number of amides is 1. The summed E-state index contributed by atoms with van der Waals surface area (Å²) >= 11 is 1.19. The zero-order chi connectivity index (χ0) is 20.1. The maximum Gasteiger partial charge on any atom is 0.265 e. The van der Waals surface area contributed by atoms with E-state index >= 15 is 0 Å². The van der Waals surface area contributed by atoms with Gasteiger partial charge in [-0.3, -0.25) is 9.52 Å².